The first-order valence-electron chi connectivity index (χ1n) is 13.4. The standard InChI is InChI=1S/C31H61NO2/c1-26(2,3)20-29(10,11)18-16-17-23(33)25(31(14,15)22-28(7,8)9)32-24(34)19-30(12,13)21-27(4,5)6/h16-17,23,25,33H,18-22H2,1-15H3,(H,32,34)/b17-16+. The fraction of sp³-hybridized carbons (Fsp3) is 0.903. The Morgan fingerprint density at radius 1 is 0.706 bits per heavy atom. The van der Waals surface area contributed by atoms with Crippen LogP contribution in [0.5, 0.6) is 0 Å². The van der Waals surface area contributed by atoms with Gasteiger partial charge in [0, 0.05) is 6.42 Å². The van der Waals surface area contributed by atoms with Crippen LogP contribution in [-0.4, -0.2) is 23.2 Å². The zero-order valence-electron chi connectivity index (χ0n) is 25.7. The molecule has 0 saturated heterocycles. The largest absolute Gasteiger partial charge is 0.387 e. The second kappa shape index (κ2) is 11.5. The summed E-state index contributed by atoms with van der Waals surface area (Å²) in [6.45, 7) is 33.4. The lowest BCUT2D eigenvalue weighted by Gasteiger charge is -2.42. The van der Waals surface area contributed by atoms with Crippen LogP contribution in [0.15, 0.2) is 12.2 Å². The molecule has 2 unspecified atom stereocenters. The highest BCUT2D eigenvalue weighted by molar-refractivity contribution is 5.77. The maximum Gasteiger partial charge on any atom is 0.220 e. The molecule has 0 aliphatic carbocycles. The minimum atomic E-state index is -0.725. The molecule has 0 heterocycles. The van der Waals surface area contributed by atoms with E-state index in [1.165, 1.54) is 0 Å². The Morgan fingerprint density at radius 2 is 1.12 bits per heavy atom. The summed E-state index contributed by atoms with van der Waals surface area (Å²) >= 11 is 0. The topological polar surface area (TPSA) is 49.3 Å². The highest BCUT2D eigenvalue weighted by Gasteiger charge is 2.39. The average Bonchev–Trinajstić information content (AvgIpc) is 2.43. The third kappa shape index (κ3) is 15.2. The third-order valence-electron chi connectivity index (χ3n) is 6.15. The number of aliphatic hydroxyl groups is 1. The summed E-state index contributed by atoms with van der Waals surface area (Å²) in [5.74, 6) is 0.0294. The number of amides is 1. The predicted octanol–water partition coefficient (Wildman–Crippen LogP) is 8.56. The molecule has 1 amide bonds. The van der Waals surface area contributed by atoms with Crippen molar-refractivity contribution in [2.75, 3.05) is 0 Å². The van der Waals surface area contributed by atoms with E-state index in [0.717, 1.165) is 25.7 Å². The molecular weight excluding hydrogens is 418 g/mol. The van der Waals surface area contributed by atoms with Gasteiger partial charge >= 0.3 is 0 Å². The fourth-order valence-corrected chi connectivity index (χ4v) is 6.52. The zero-order valence-corrected chi connectivity index (χ0v) is 25.7. The molecule has 0 saturated carbocycles. The Kier molecular flexibility index (Phi) is 11.2. The molecule has 3 heteroatoms. The number of carbonyl (C=O) groups excluding carboxylic acids is 1. The van der Waals surface area contributed by atoms with E-state index in [1.54, 1.807) is 0 Å². The lowest BCUT2D eigenvalue weighted by Crippen LogP contribution is -2.53. The molecule has 2 atom stereocenters. The molecule has 0 fully saturated rings. The summed E-state index contributed by atoms with van der Waals surface area (Å²) in [5, 5.41) is 14.6. The number of nitrogens with one attached hydrogen (secondary N) is 1. The van der Waals surface area contributed by atoms with Crippen LogP contribution in [0, 0.1) is 32.5 Å². The predicted molar refractivity (Wildman–Crippen MR) is 150 cm³/mol. The van der Waals surface area contributed by atoms with E-state index in [2.05, 4.69) is 115 Å². The van der Waals surface area contributed by atoms with Gasteiger partial charge < -0.3 is 10.4 Å². The van der Waals surface area contributed by atoms with E-state index in [9.17, 15) is 9.90 Å². The van der Waals surface area contributed by atoms with Gasteiger partial charge in [0.1, 0.15) is 0 Å². The van der Waals surface area contributed by atoms with Crippen LogP contribution < -0.4 is 5.32 Å². The summed E-state index contributed by atoms with van der Waals surface area (Å²) in [7, 11) is 0. The second-order valence-electron chi connectivity index (χ2n) is 16.9. The Balaban J connectivity index is 5.66. The van der Waals surface area contributed by atoms with Crippen molar-refractivity contribution in [3.8, 4) is 0 Å². The molecule has 0 spiro atoms. The highest BCUT2D eigenvalue weighted by atomic mass is 16.3. The van der Waals surface area contributed by atoms with E-state index in [0.29, 0.717) is 6.42 Å². The van der Waals surface area contributed by atoms with Crippen molar-refractivity contribution in [1.29, 1.82) is 0 Å². The summed E-state index contributed by atoms with van der Waals surface area (Å²) in [6, 6.07) is -0.341. The molecule has 0 aliphatic heterocycles. The summed E-state index contributed by atoms with van der Waals surface area (Å²) in [4.78, 5) is 13.2. The molecule has 0 aliphatic rings. The molecule has 0 bridgehead atoms. The minimum Gasteiger partial charge on any atom is -0.387 e. The minimum absolute atomic E-state index is 0.0294. The Bertz CT molecular complexity index is 663. The van der Waals surface area contributed by atoms with Crippen LogP contribution >= 0.6 is 0 Å². The number of rotatable bonds is 11. The Morgan fingerprint density at radius 3 is 1.53 bits per heavy atom. The molecule has 2 N–H and O–H groups in total. The number of allylic oxidation sites excluding steroid dienone is 1. The van der Waals surface area contributed by atoms with Crippen LogP contribution in [0.3, 0.4) is 0 Å². The summed E-state index contributed by atoms with van der Waals surface area (Å²) in [6.07, 6.45) is 7.65. The Hall–Kier alpha value is -0.830. The molecule has 0 radical (unpaired) electrons. The molecule has 0 aromatic carbocycles. The monoisotopic (exact) mass is 479 g/mol. The van der Waals surface area contributed by atoms with E-state index in [-0.39, 0.29) is 44.4 Å². The maximum absolute atomic E-state index is 13.2. The van der Waals surface area contributed by atoms with Crippen LogP contribution in [-0.2, 0) is 4.79 Å². The molecule has 34 heavy (non-hydrogen) atoms. The molecule has 0 aromatic rings. The number of aliphatic hydroxyl groups excluding tert-OH is 1. The zero-order chi connectivity index (χ0) is 27.4. The van der Waals surface area contributed by atoms with Gasteiger partial charge in [-0.1, -0.05) is 116 Å². The van der Waals surface area contributed by atoms with Crippen molar-refractivity contribution >= 4 is 5.91 Å². The third-order valence-corrected chi connectivity index (χ3v) is 6.15. The van der Waals surface area contributed by atoms with E-state index in [4.69, 9.17) is 0 Å². The van der Waals surface area contributed by atoms with E-state index < -0.39 is 6.10 Å². The van der Waals surface area contributed by atoms with Crippen molar-refractivity contribution in [1.82, 2.24) is 5.32 Å². The lowest BCUT2D eigenvalue weighted by molar-refractivity contribution is -0.126. The van der Waals surface area contributed by atoms with Crippen LogP contribution in [0.2, 0.25) is 0 Å². The Labute approximate surface area is 214 Å². The molecule has 0 rings (SSSR count). The SMILES string of the molecule is CC(C)(C)CC(C)(C)C/C=C/C(O)C(NC(=O)CC(C)(C)CC(C)(C)C)C(C)(C)CC(C)(C)C. The molecule has 202 valence electrons. The molecule has 3 nitrogen and oxygen atoms in total. The molecular formula is C31H61NO2. The number of hydrogen-bond donors (Lipinski definition) is 2. The van der Waals surface area contributed by atoms with Gasteiger partial charge in [-0.25, -0.2) is 0 Å². The highest BCUT2D eigenvalue weighted by Crippen LogP contribution is 2.39. The second-order valence-corrected chi connectivity index (χ2v) is 16.9. The van der Waals surface area contributed by atoms with Gasteiger partial charge in [0.15, 0.2) is 0 Å². The van der Waals surface area contributed by atoms with Crippen LogP contribution in [0.25, 0.3) is 0 Å². The summed E-state index contributed by atoms with van der Waals surface area (Å²) < 4.78 is 0. The van der Waals surface area contributed by atoms with Gasteiger partial charge in [-0.05, 0) is 58.2 Å². The smallest absolute Gasteiger partial charge is 0.220 e. The average molecular weight is 480 g/mol. The van der Waals surface area contributed by atoms with Gasteiger partial charge in [0.25, 0.3) is 0 Å². The van der Waals surface area contributed by atoms with Crippen molar-refractivity contribution in [2.45, 2.75) is 148 Å². The van der Waals surface area contributed by atoms with Gasteiger partial charge in [-0.2, -0.15) is 0 Å². The normalized spacial score (nSPS) is 16.6. The lowest BCUT2D eigenvalue weighted by atomic mass is 9.70. The first-order valence-corrected chi connectivity index (χ1v) is 13.4. The van der Waals surface area contributed by atoms with Crippen molar-refractivity contribution in [2.24, 2.45) is 32.5 Å². The quantitative estimate of drug-likeness (QED) is 0.292. The van der Waals surface area contributed by atoms with E-state index in [1.807, 2.05) is 6.08 Å². The first kappa shape index (κ1) is 33.2. The van der Waals surface area contributed by atoms with E-state index >= 15 is 0 Å². The van der Waals surface area contributed by atoms with Crippen molar-refractivity contribution in [3.05, 3.63) is 12.2 Å². The molecule has 0 aromatic heterocycles. The maximum atomic E-state index is 13.2. The van der Waals surface area contributed by atoms with Crippen molar-refractivity contribution in [3.63, 3.8) is 0 Å². The summed E-state index contributed by atoms with van der Waals surface area (Å²) in [5.41, 5.74) is 0.324. The van der Waals surface area contributed by atoms with Crippen molar-refractivity contribution < 1.29 is 9.90 Å². The van der Waals surface area contributed by atoms with Crippen LogP contribution in [0.1, 0.15) is 136 Å². The van der Waals surface area contributed by atoms with Gasteiger partial charge in [0.05, 0.1) is 12.1 Å². The van der Waals surface area contributed by atoms with Gasteiger partial charge in [-0.15, -0.1) is 0 Å². The number of carbonyl (C=O) groups is 1. The fourth-order valence-electron chi connectivity index (χ4n) is 6.52. The first-order chi connectivity index (χ1) is 14.7. The van der Waals surface area contributed by atoms with Crippen LogP contribution in [0.4, 0.5) is 0 Å². The number of hydrogen-bond acceptors (Lipinski definition) is 2. The van der Waals surface area contributed by atoms with Gasteiger partial charge in [0.2, 0.25) is 5.91 Å². The van der Waals surface area contributed by atoms with Gasteiger partial charge in [-0.3, -0.25) is 4.79 Å².